The molecule has 0 radical (unpaired) electrons. The quantitative estimate of drug-likeness (QED) is 0.649. The van der Waals surface area contributed by atoms with Gasteiger partial charge in [0.05, 0.1) is 0 Å². The van der Waals surface area contributed by atoms with Crippen molar-refractivity contribution in [1.82, 2.24) is 0 Å². The number of benzene rings is 2. The van der Waals surface area contributed by atoms with E-state index < -0.39 is 0 Å². The number of ether oxygens (including phenoxy) is 1. The van der Waals surface area contributed by atoms with Crippen molar-refractivity contribution >= 4 is 0 Å². The molecule has 0 N–H and O–H groups in total. The molecule has 0 saturated carbocycles. The van der Waals surface area contributed by atoms with E-state index in [1.807, 2.05) is 6.07 Å². The van der Waals surface area contributed by atoms with Gasteiger partial charge in [0.25, 0.3) is 0 Å². The monoisotopic (exact) mass is 252 g/mol. The van der Waals surface area contributed by atoms with Crippen LogP contribution in [-0.2, 0) is 18.3 Å². The van der Waals surface area contributed by atoms with Crippen molar-refractivity contribution in [3.8, 4) is 11.5 Å². The van der Waals surface area contributed by atoms with Gasteiger partial charge in [-0.2, -0.15) is 0 Å². The number of hydrogen-bond acceptors (Lipinski definition) is 1. The van der Waals surface area contributed by atoms with Gasteiger partial charge in [-0.05, 0) is 47.1 Å². The smallest absolute Gasteiger partial charge is 0.130 e. The van der Waals surface area contributed by atoms with E-state index in [1.54, 1.807) is 0 Å². The molecule has 0 unspecified atom stereocenters. The SMILES string of the molecule is CC(C)(C)c1ccc2c(c1)CCc1ccccc1O2. The molecule has 0 atom stereocenters. The summed E-state index contributed by atoms with van der Waals surface area (Å²) in [7, 11) is 0. The summed E-state index contributed by atoms with van der Waals surface area (Å²) in [5, 5.41) is 0. The van der Waals surface area contributed by atoms with Crippen LogP contribution in [0.5, 0.6) is 11.5 Å². The molecule has 2 aromatic rings. The fourth-order valence-corrected chi connectivity index (χ4v) is 2.54. The minimum atomic E-state index is 0.189. The standard InChI is InChI=1S/C18H20O/c1-18(2,3)15-10-11-17-14(12-15)9-8-13-6-4-5-7-16(13)19-17/h4-7,10-12H,8-9H2,1-3H3. The van der Waals surface area contributed by atoms with Crippen LogP contribution < -0.4 is 4.74 Å². The van der Waals surface area contributed by atoms with Gasteiger partial charge in [0.2, 0.25) is 0 Å². The predicted molar refractivity (Wildman–Crippen MR) is 79.1 cm³/mol. The second kappa shape index (κ2) is 4.41. The zero-order valence-electron chi connectivity index (χ0n) is 11.9. The lowest BCUT2D eigenvalue weighted by Crippen LogP contribution is -2.11. The Morgan fingerprint density at radius 3 is 2.32 bits per heavy atom. The van der Waals surface area contributed by atoms with Crippen molar-refractivity contribution in [2.75, 3.05) is 0 Å². The van der Waals surface area contributed by atoms with Gasteiger partial charge in [-0.15, -0.1) is 0 Å². The van der Waals surface area contributed by atoms with E-state index in [1.165, 1.54) is 16.7 Å². The van der Waals surface area contributed by atoms with Gasteiger partial charge in [-0.25, -0.2) is 0 Å². The molecule has 19 heavy (non-hydrogen) atoms. The summed E-state index contributed by atoms with van der Waals surface area (Å²) in [6, 6.07) is 15.0. The van der Waals surface area contributed by atoms with Gasteiger partial charge in [0.15, 0.2) is 0 Å². The third kappa shape index (κ3) is 2.37. The molecule has 0 aromatic heterocycles. The van der Waals surface area contributed by atoms with Crippen molar-refractivity contribution in [2.45, 2.75) is 39.0 Å². The number of hydrogen-bond donors (Lipinski definition) is 0. The predicted octanol–water partition coefficient (Wildman–Crippen LogP) is 4.88. The van der Waals surface area contributed by atoms with E-state index >= 15 is 0 Å². The fourth-order valence-electron chi connectivity index (χ4n) is 2.54. The average molecular weight is 252 g/mol. The summed E-state index contributed by atoms with van der Waals surface area (Å²) in [5.74, 6) is 2.02. The Morgan fingerprint density at radius 2 is 1.53 bits per heavy atom. The Morgan fingerprint density at radius 1 is 0.842 bits per heavy atom. The molecule has 3 rings (SSSR count). The van der Waals surface area contributed by atoms with Crippen LogP contribution in [0.1, 0.15) is 37.5 Å². The van der Waals surface area contributed by atoms with Crippen LogP contribution in [-0.4, -0.2) is 0 Å². The molecule has 0 aliphatic carbocycles. The summed E-state index contributed by atoms with van der Waals surface area (Å²) in [6.07, 6.45) is 2.10. The second-order valence-electron chi connectivity index (χ2n) is 6.28. The number of rotatable bonds is 0. The van der Waals surface area contributed by atoms with Crippen molar-refractivity contribution in [3.63, 3.8) is 0 Å². The maximum absolute atomic E-state index is 6.07. The van der Waals surface area contributed by atoms with Gasteiger partial charge < -0.3 is 4.74 Å². The highest BCUT2D eigenvalue weighted by molar-refractivity contribution is 5.47. The molecule has 0 fully saturated rings. The molecule has 1 heteroatoms. The van der Waals surface area contributed by atoms with Gasteiger partial charge in [-0.3, -0.25) is 0 Å². The minimum Gasteiger partial charge on any atom is -0.457 e. The van der Waals surface area contributed by atoms with Crippen molar-refractivity contribution in [1.29, 1.82) is 0 Å². The molecule has 0 spiro atoms. The first-order valence-corrected chi connectivity index (χ1v) is 6.93. The van der Waals surface area contributed by atoms with Crippen LogP contribution >= 0.6 is 0 Å². The largest absolute Gasteiger partial charge is 0.457 e. The maximum atomic E-state index is 6.07. The van der Waals surface area contributed by atoms with E-state index in [0.717, 1.165) is 24.3 Å². The summed E-state index contributed by atoms with van der Waals surface area (Å²) < 4.78 is 6.07. The Balaban J connectivity index is 2.02. The van der Waals surface area contributed by atoms with Crippen molar-refractivity contribution in [2.24, 2.45) is 0 Å². The van der Waals surface area contributed by atoms with Crippen LogP contribution in [0.2, 0.25) is 0 Å². The van der Waals surface area contributed by atoms with Crippen LogP contribution in [0.3, 0.4) is 0 Å². The topological polar surface area (TPSA) is 9.23 Å². The lowest BCUT2D eigenvalue weighted by Gasteiger charge is -2.20. The zero-order chi connectivity index (χ0) is 13.5. The van der Waals surface area contributed by atoms with E-state index in [-0.39, 0.29) is 5.41 Å². The van der Waals surface area contributed by atoms with Gasteiger partial charge >= 0.3 is 0 Å². The summed E-state index contributed by atoms with van der Waals surface area (Å²) >= 11 is 0. The number of para-hydroxylation sites is 1. The normalized spacial score (nSPS) is 14.1. The van der Waals surface area contributed by atoms with E-state index in [0.29, 0.717) is 0 Å². The Bertz CT molecular complexity index is 605. The van der Waals surface area contributed by atoms with Crippen molar-refractivity contribution < 1.29 is 4.74 Å². The first kappa shape index (κ1) is 12.3. The van der Waals surface area contributed by atoms with Crippen LogP contribution in [0, 0.1) is 0 Å². The first-order chi connectivity index (χ1) is 9.04. The number of fused-ring (bicyclic) bond motifs is 2. The second-order valence-corrected chi connectivity index (χ2v) is 6.28. The molecule has 98 valence electrons. The van der Waals surface area contributed by atoms with E-state index in [2.05, 4.69) is 57.2 Å². The highest BCUT2D eigenvalue weighted by Crippen LogP contribution is 2.35. The summed E-state index contributed by atoms with van der Waals surface area (Å²) in [6.45, 7) is 6.75. The summed E-state index contributed by atoms with van der Waals surface area (Å²) in [4.78, 5) is 0. The number of aryl methyl sites for hydroxylation is 2. The lowest BCUT2D eigenvalue weighted by atomic mass is 9.85. The van der Waals surface area contributed by atoms with Crippen LogP contribution in [0.25, 0.3) is 0 Å². The third-order valence-electron chi connectivity index (χ3n) is 3.78. The lowest BCUT2D eigenvalue weighted by molar-refractivity contribution is 0.478. The fraction of sp³-hybridized carbons (Fsp3) is 0.333. The Hall–Kier alpha value is -1.76. The zero-order valence-corrected chi connectivity index (χ0v) is 11.9. The molecular weight excluding hydrogens is 232 g/mol. The molecule has 1 nitrogen and oxygen atoms in total. The Kier molecular flexibility index (Phi) is 2.85. The molecule has 0 bridgehead atoms. The van der Waals surface area contributed by atoms with Crippen LogP contribution in [0.4, 0.5) is 0 Å². The van der Waals surface area contributed by atoms with Crippen molar-refractivity contribution in [3.05, 3.63) is 59.2 Å². The summed E-state index contributed by atoms with van der Waals surface area (Å²) in [5.41, 5.74) is 4.19. The Labute approximate surface area is 115 Å². The molecule has 0 amide bonds. The van der Waals surface area contributed by atoms with E-state index in [9.17, 15) is 0 Å². The molecule has 1 aliphatic heterocycles. The van der Waals surface area contributed by atoms with Crippen LogP contribution in [0.15, 0.2) is 42.5 Å². The highest BCUT2D eigenvalue weighted by atomic mass is 16.5. The van der Waals surface area contributed by atoms with Gasteiger partial charge in [0.1, 0.15) is 11.5 Å². The molecular formula is C18H20O. The average Bonchev–Trinajstić information content (AvgIpc) is 2.55. The molecule has 2 aromatic carbocycles. The van der Waals surface area contributed by atoms with E-state index in [4.69, 9.17) is 4.74 Å². The molecule has 0 saturated heterocycles. The third-order valence-corrected chi connectivity index (χ3v) is 3.78. The van der Waals surface area contributed by atoms with Gasteiger partial charge in [-0.1, -0.05) is 51.1 Å². The molecule has 1 aliphatic rings. The minimum absolute atomic E-state index is 0.189. The van der Waals surface area contributed by atoms with Gasteiger partial charge in [0, 0.05) is 0 Å². The molecule has 1 heterocycles. The highest BCUT2D eigenvalue weighted by Gasteiger charge is 2.18. The maximum Gasteiger partial charge on any atom is 0.130 e. The first-order valence-electron chi connectivity index (χ1n) is 6.93.